The molecule has 1 unspecified atom stereocenters. The standard InChI is InChI=1S/C17H13ClF3N3/c1-3-15(17(19,20)21)23-8-7-16-22-14(9-11(2)24(16)23)12-5-4-6-13(18)10-12/h1,4-7,9-10,15H,8H2,2H3. The van der Waals surface area contributed by atoms with Crippen molar-refractivity contribution in [2.24, 2.45) is 4.99 Å². The number of hydrazine groups is 1. The number of fused-ring (bicyclic) bond motifs is 1. The lowest BCUT2D eigenvalue weighted by atomic mass is 10.1. The largest absolute Gasteiger partial charge is 0.416 e. The SMILES string of the molecule is C#CC(N1CC=C2N=C(c3cccc(Cl)c3)C=C(C)N21)C(F)(F)F. The highest BCUT2D eigenvalue weighted by molar-refractivity contribution is 6.31. The molecule has 0 saturated heterocycles. The summed E-state index contributed by atoms with van der Waals surface area (Å²) in [5.74, 6) is 2.25. The summed E-state index contributed by atoms with van der Waals surface area (Å²) in [5.41, 5.74) is 2.04. The molecule has 2 heterocycles. The van der Waals surface area contributed by atoms with Crippen LogP contribution in [0.4, 0.5) is 13.2 Å². The van der Waals surface area contributed by atoms with E-state index in [1.807, 2.05) is 12.0 Å². The summed E-state index contributed by atoms with van der Waals surface area (Å²) in [7, 11) is 0. The highest BCUT2D eigenvalue weighted by Gasteiger charge is 2.47. The molecule has 1 aromatic carbocycles. The fourth-order valence-electron chi connectivity index (χ4n) is 2.73. The van der Waals surface area contributed by atoms with Crippen LogP contribution in [-0.2, 0) is 0 Å². The molecule has 1 aromatic rings. The maximum atomic E-state index is 13.1. The average molecular weight is 352 g/mol. The molecule has 0 bridgehead atoms. The fraction of sp³-hybridized carbons (Fsp3) is 0.235. The van der Waals surface area contributed by atoms with Crippen molar-refractivity contribution in [3.63, 3.8) is 0 Å². The van der Waals surface area contributed by atoms with Crippen LogP contribution in [0.25, 0.3) is 0 Å². The Hall–Kier alpha value is -2.23. The predicted octanol–water partition coefficient (Wildman–Crippen LogP) is 3.98. The first-order chi connectivity index (χ1) is 11.3. The summed E-state index contributed by atoms with van der Waals surface area (Å²) < 4.78 is 39.4. The second kappa shape index (κ2) is 6.00. The first kappa shape index (κ1) is 16.6. The first-order valence-corrected chi connectivity index (χ1v) is 7.51. The van der Waals surface area contributed by atoms with Gasteiger partial charge in [-0.05, 0) is 31.2 Å². The monoisotopic (exact) mass is 351 g/mol. The normalized spacial score (nSPS) is 19.2. The summed E-state index contributed by atoms with van der Waals surface area (Å²) in [5, 5.41) is 3.06. The van der Waals surface area contributed by atoms with Gasteiger partial charge in [0.15, 0.2) is 6.04 Å². The smallest absolute Gasteiger partial charge is 0.260 e. The van der Waals surface area contributed by atoms with Crippen LogP contribution in [0.15, 0.2) is 52.9 Å². The van der Waals surface area contributed by atoms with Crippen LogP contribution in [0.3, 0.4) is 0 Å². The van der Waals surface area contributed by atoms with E-state index in [0.717, 1.165) is 10.6 Å². The number of benzene rings is 1. The van der Waals surface area contributed by atoms with E-state index in [9.17, 15) is 13.2 Å². The lowest BCUT2D eigenvalue weighted by molar-refractivity contribution is -0.188. The van der Waals surface area contributed by atoms with E-state index in [1.165, 1.54) is 5.01 Å². The Balaban J connectivity index is 1.94. The molecule has 0 saturated carbocycles. The van der Waals surface area contributed by atoms with E-state index in [2.05, 4.69) is 4.99 Å². The summed E-state index contributed by atoms with van der Waals surface area (Å²) in [6, 6.07) is 5.14. The van der Waals surface area contributed by atoms with Crippen LogP contribution in [0.1, 0.15) is 12.5 Å². The Morgan fingerprint density at radius 2 is 2.12 bits per heavy atom. The van der Waals surface area contributed by atoms with Gasteiger partial charge in [0, 0.05) is 22.8 Å². The molecule has 0 radical (unpaired) electrons. The van der Waals surface area contributed by atoms with Crippen molar-refractivity contribution >= 4 is 17.3 Å². The van der Waals surface area contributed by atoms with Gasteiger partial charge in [-0.2, -0.15) is 18.2 Å². The zero-order valence-corrected chi connectivity index (χ0v) is 13.4. The fourth-order valence-corrected chi connectivity index (χ4v) is 2.92. The minimum absolute atomic E-state index is 0.0429. The number of hydrogen-bond acceptors (Lipinski definition) is 3. The topological polar surface area (TPSA) is 18.8 Å². The lowest BCUT2D eigenvalue weighted by Gasteiger charge is -2.37. The maximum absolute atomic E-state index is 13.1. The van der Waals surface area contributed by atoms with Crippen molar-refractivity contribution in [1.82, 2.24) is 10.0 Å². The third kappa shape index (κ3) is 2.93. The molecule has 2 aliphatic rings. The summed E-state index contributed by atoms with van der Waals surface area (Å²) in [6.07, 6.45) is 3.93. The van der Waals surface area contributed by atoms with Gasteiger partial charge < -0.3 is 0 Å². The second-order valence-electron chi connectivity index (χ2n) is 5.40. The molecule has 0 aromatic heterocycles. The second-order valence-corrected chi connectivity index (χ2v) is 5.84. The van der Waals surface area contributed by atoms with E-state index < -0.39 is 12.2 Å². The number of nitrogens with zero attached hydrogens (tertiary/aromatic N) is 3. The van der Waals surface area contributed by atoms with Crippen LogP contribution < -0.4 is 0 Å². The molecule has 0 fully saturated rings. The van der Waals surface area contributed by atoms with E-state index >= 15 is 0 Å². The summed E-state index contributed by atoms with van der Waals surface area (Å²) >= 11 is 5.99. The Labute approximate surface area is 142 Å². The molecule has 1 atom stereocenters. The number of rotatable bonds is 2. The van der Waals surface area contributed by atoms with Crippen molar-refractivity contribution in [2.45, 2.75) is 19.1 Å². The van der Waals surface area contributed by atoms with Gasteiger partial charge in [0.25, 0.3) is 0 Å². The molecule has 2 aliphatic heterocycles. The van der Waals surface area contributed by atoms with Crippen molar-refractivity contribution in [3.05, 3.63) is 58.5 Å². The van der Waals surface area contributed by atoms with Crippen molar-refractivity contribution in [1.29, 1.82) is 0 Å². The molecule has 7 heteroatoms. The lowest BCUT2D eigenvalue weighted by Crippen LogP contribution is -2.50. The number of allylic oxidation sites excluding steroid dienone is 2. The van der Waals surface area contributed by atoms with Crippen molar-refractivity contribution < 1.29 is 13.2 Å². The van der Waals surface area contributed by atoms with Crippen LogP contribution in [0, 0.1) is 12.3 Å². The minimum atomic E-state index is -4.52. The number of alkyl halides is 3. The first-order valence-electron chi connectivity index (χ1n) is 7.14. The minimum Gasteiger partial charge on any atom is -0.260 e. The summed E-state index contributed by atoms with van der Waals surface area (Å²) in [6.45, 7) is 1.76. The van der Waals surface area contributed by atoms with Gasteiger partial charge in [-0.25, -0.2) is 4.99 Å². The molecule has 3 nitrogen and oxygen atoms in total. The molecule has 3 rings (SSSR count). The molecule has 0 N–H and O–H groups in total. The summed E-state index contributed by atoms with van der Waals surface area (Å²) in [4.78, 5) is 4.45. The molecular formula is C17H13ClF3N3. The van der Waals surface area contributed by atoms with Gasteiger partial charge >= 0.3 is 6.18 Å². The van der Waals surface area contributed by atoms with Crippen LogP contribution in [-0.4, -0.2) is 34.5 Å². The number of hydrogen-bond donors (Lipinski definition) is 0. The predicted molar refractivity (Wildman–Crippen MR) is 87.1 cm³/mol. The average Bonchev–Trinajstić information content (AvgIpc) is 2.91. The number of halogens is 4. The quantitative estimate of drug-likeness (QED) is 0.750. The highest BCUT2D eigenvalue weighted by atomic mass is 35.5. The number of terminal acetylenes is 1. The Bertz CT molecular complexity index is 802. The zero-order valence-electron chi connectivity index (χ0n) is 12.7. The molecule has 0 aliphatic carbocycles. The van der Waals surface area contributed by atoms with Crippen LogP contribution in [0.2, 0.25) is 5.02 Å². The van der Waals surface area contributed by atoms with Gasteiger partial charge in [-0.1, -0.05) is 29.7 Å². The molecule has 124 valence electrons. The van der Waals surface area contributed by atoms with Gasteiger partial charge in [-0.3, -0.25) is 5.01 Å². The van der Waals surface area contributed by atoms with Gasteiger partial charge in [-0.15, -0.1) is 6.42 Å². The van der Waals surface area contributed by atoms with E-state index in [4.69, 9.17) is 18.0 Å². The molecular weight excluding hydrogens is 339 g/mol. The van der Waals surface area contributed by atoms with Gasteiger partial charge in [0.05, 0.1) is 5.71 Å². The van der Waals surface area contributed by atoms with Gasteiger partial charge in [0.1, 0.15) is 5.82 Å². The molecule has 24 heavy (non-hydrogen) atoms. The van der Waals surface area contributed by atoms with Crippen molar-refractivity contribution in [3.8, 4) is 12.3 Å². The van der Waals surface area contributed by atoms with Crippen LogP contribution in [0.5, 0.6) is 0 Å². The molecule has 0 spiro atoms. The maximum Gasteiger partial charge on any atom is 0.416 e. The van der Waals surface area contributed by atoms with Crippen LogP contribution >= 0.6 is 11.6 Å². The Kier molecular flexibility index (Phi) is 4.16. The zero-order chi connectivity index (χ0) is 17.5. The third-order valence-corrected chi connectivity index (χ3v) is 3.97. The number of aliphatic imine (C=N–C) groups is 1. The van der Waals surface area contributed by atoms with Crippen molar-refractivity contribution in [2.75, 3.05) is 6.54 Å². The third-order valence-electron chi connectivity index (χ3n) is 3.74. The van der Waals surface area contributed by atoms with E-state index in [-0.39, 0.29) is 6.54 Å². The molecule has 0 amide bonds. The Morgan fingerprint density at radius 3 is 2.75 bits per heavy atom. The van der Waals surface area contributed by atoms with E-state index in [0.29, 0.717) is 22.3 Å². The van der Waals surface area contributed by atoms with E-state index in [1.54, 1.807) is 37.3 Å². The highest BCUT2D eigenvalue weighted by Crippen LogP contribution is 2.34. The Morgan fingerprint density at radius 1 is 1.38 bits per heavy atom. The van der Waals surface area contributed by atoms with Gasteiger partial charge in [0.2, 0.25) is 0 Å².